The van der Waals surface area contributed by atoms with Gasteiger partial charge in [0, 0.05) is 26.9 Å². The fourth-order valence-corrected chi connectivity index (χ4v) is 3.02. The van der Waals surface area contributed by atoms with Crippen LogP contribution in [0.15, 0.2) is 24.5 Å². The van der Waals surface area contributed by atoms with Gasteiger partial charge in [-0.1, -0.05) is 6.07 Å². The van der Waals surface area contributed by atoms with Crippen molar-refractivity contribution in [2.24, 2.45) is 7.05 Å². The van der Waals surface area contributed by atoms with E-state index in [0.29, 0.717) is 30.0 Å². The van der Waals surface area contributed by atoms with Crippen LogP contribution in [0, 0.1) is 0 Å². The molecule has 174 valence electrons. The average molecular weight is 449 g/mol. The Morgan fingerprint density at radius 2 is 2.00 bits per heavy atom. The van der Waals surface area contributed by atoms with Crippen molar-refractivity contribution < 1.29 is 33.7 Å². The Kier molecular flexibility index (Phi) is 8.95. The van der Waals surface area contributed by atoms with Crippen LogP contribution in [0.2, 0.25) is 0 Å². The van der Waals surface area contributed by atoms with Gasteiger partial charge in [-0.2, -0.15) is 0 Å². The highest BCUT2D eigenvalue weighted by atomic mass is 16.5. The summed E-state index contributed by atoms with van der Waals surface area (Å²) in [5.74, 6) is 0.375. The zero-order valence-electron chi connectivity index (χ0n) is 18.3. The maximum Gasteiger partial charge on any atom is 0.300 e. The van der Waals surface area contributed by atoms with E-state index in [1.165, 1.54) is 14.2 Å². The van der Waals surface area contributed by atoms with E-state index in [-0.39, 0.29) is 18.4 Å². The predicted molar refractivity (Wildman–Crippen MR) is 111 cm³/mol. The molecule has 0 unspecified atom stereocenters. The number of aryl methyl sites for hydroxylation is 1. The Bertz CT molecular complexity index is 942. The van der Waals surface area contributed by atoms with E-state index in [1.807, 2.05) is 7.05 Å². The maximum atomic E-state index is 12.7. The summed E-state index contributed by atoms with van der Waals surface area (Å²) < 4.78 is 17.9. The standard InChI is InChI=1S/C18H23N5O5.C2H4O2/c1-23-10-20-22-14(23)6-7-19-18(25)17-16(21-15(24)9-28-17)11-4-5-12(26-2)13(8-11)27-3;1-2(3)4/h4-5,8,10,16-17H,6-7,9H2,1-3H3,(H,19,25)(H,21,24);1H3,(H,3,4)/t16-,17+;/m1./s1. The molecular formula is C20H27N5O7. The zero-order chi connectivity index (χ0) is 23.7. The van der Waals surface area contributed by atoms with E-state index in [1.54, 1.807) is 29.1 Å². The highest BCUT2D eigenvalue weighted by Crippen LogP contribution is 2.32. The van der Waals surface area contributed by atoms with Gasteiger partial charge in [-0.05, 0) is 17.7 Å². The van der Waals surface area contributed by atoms with Gasteiger partial charge in [0.15, 0.2) is 17.6 Å². The molecule has 2 heterocycles. The second-order valence-electron chi connectivity index (χ2n) is 6.81. The van der Waals surface area contributed by atoms with Crippen LogP contribution < -0.4 is 20.1 Å². The Balaban J connectivity index is 0.000000837. The third-order valence-electron chi connectivity index (χ3n) is 4.49. The number of benzene rings is 1. The molecule has 0 aliphatic carbocycles. The van der Waals surface area contributed by atoms with Crippen LogP contribution >= 0.6 is 0 Å². The normalized spacial score (nSPS) is 17.4. The number of carbonyl (C=O) groups excluding carboxylic acids is 2. The first-order chi connectivity index (χ1) is 15.3. The topological polar surface area (TPSA) is 154 Å². The summed E-state index contributed by atoms with van der Waals surface area (Å²) in [6, 6.07) is 4.56. The van der Waals surface area contributed by atoms with Gasteiger partial charge in [0.05, 0.1) is 20.3 Å². The number of carboxylic acids is 1. The molecule has 0 saturated carbocycles. The van der Waals surface area contributed by atoms with E-state index >= 15 is 0 Å². The summed E-state index contributed by atoms with van der Waals surface area (Å²) in [6.07, 6.45) is 1.27. The molecule has 2 amide bonds. The van der Waals surface area contributed by atoms with E-state index < -0.39 is 18.1 Å². The molecule has 3 N–H and O–H groups in total. The van der Waals surface area contributed by atoms with Gasteiger partial charge in [-0.15, -0.1) is 10.2 Å². The molecule has 1 aliphatic heterocycles. The Hall–Kier alpha value is -3.67. The van der Waals surface area contributed by atoms with Crippen molar-refractivity contribution in [2.45, 2.75) is 25.5 Å². The molecular weight excluding hydrogens is 422 g/mol. The van der Waals surface area contributed by atoms with E-state index in [0.717, 1.165) is 12.7 Å². The van der Waals surface area contributed by atoms with Gasteiger partial charge in [0.2, 0.25) is 5.91 Å². The molecule has 2 aromatic rings. The lowest BCUT2D eigenvalue weighted by molar-refractivity contribution is -0.148. The van der Waals surface area contributed by atoms with Crippen molar-refractivity contribution in [1.29, 1.82) is 0 Å². The minimum atomic E-state index is -0.865. The highest BCUT2D eigenvalue weighted by Gasteiger charge is 2.36. The van der Waals surface area contributed by atoms with Crippen LogP contribution in [0.5, 0.6) is 11.5 Å². The molecule has 1 saturated heterocycles. The number of nitrogens with zero attached hydrogens (tertiary/aromatic N) is 3. The molecule has 0 spiro atoms. The second-order valence-corrected chi connectivity index (χ2v) is 6.81. The van der Waals surface area contributed by atoms with Crippen LogP contribution in [-0.2, 0) is 32.6 Å². The third kappa shape index (κ3) is 6.67. The SMILES string of the molecule is CC(=O)O.COc1ccc([C@H]2NC(=O)CO[C@@H]2C(=O)NCCc2nncn2C)cc1OC. The van der Waals surface area contributed by atoms with Crippen molar-refractivity contribution in [3.63, 3.8) is 0 Å². The number of nitrogens with one attached hydrogen (secondary N) is 2. The molecule has 12 nitrogen and oxygen atoms in total. The first-order valence-corrected chi connectivity index (χ1v) is 9.69. The number of ether oxygens (including phenoxy) is 3. The molecule has 0 bridgehead atoms. The lowest BCUT2D eigenvalue weighted by Gasteiger charge is -2.32. The predicted octanol–water partition coefficient (Wildman–Crippen LogP) is -0.162. The number of aliphatic carboxylic acids is 1. The van der Waals surface area contributed by atoms with Crippen LogP contribution in [0.4, 0.5) is 0 Å². The number of amides is 2. The second kappa shape index (κ2) is 11.6. The number of carboxylic acid groups (broad SMARTS) is 1. The lowest BCUT2D eigenvalue weighted by atomic mass is 9.98. The van der Waals surface area contributed by atoms with Crippen molar-refractivity contribution in [3.05, 3.63) is 35.9 Å². The van der Waals surface area contributed by atoms with Gasteiger partial charge < -0.3 is 34.5 Å². The Labute approximate surface area is 184 Å². The average Bonchev–Trinajstić information content (AvgIpc) is 3.17. The summed E-state index contributed by atoms with van der Waals surface area (Å²) in [6.45, 7) is 1.28. The molecule has 32 heavy (non-hydrogen) atoms. The van der Waals surface area contributed by atoms with Crippen molar-refractivity contribution in [2.75, 3.05) is 27.4 Å². The molecule has 12 heteroatoms. The summed E-state index contributed by atoms with van der Waals surface area (Å²) in [7, 11) is 4.90. The summed E-state index contributed by atoms with van der Waals surface area (Å²) in [4.78, 5) is 33.6. The molecule has 3 rings (SSSR count). The molecule has 2 atom stereocenters. The van der Waals surface area contributed by atoms with Crippen molar-refractivity contribution in [1.82, 2.24) is 25.4 Å². The Morgan fingerprint density at radius 1 is 1.31 bits per heavy atom. The number of hydrogen-bond donors (Lipinski definition) is 3. The monoisotopic (exact) mass is 449 g/mol. The summed E-state index contributed by atoms with van der Waals surface area (Å²) in [5.41, 5.74) is 0.680. The van der Waals surface area contributed by atoms with Gasteiger partial charge >= 0.3 is 0 Å². The number of aromatic nitrogens is 3. The first kappa shape index (κ1) is 24.6. The minimum Gasteiger partial charge on any atom is -0.493 e. The van der Waals surface area contributed by atoms with Crippen molar-refractivity contribution >= 4 is 17.8 Å². The molecule has 0 radical (unpaired) electrons. The highest BCUT2D eigenvalue weighted by molar-refractivity contribution is 5.86. The smallest absolute Gasteiger partial charge is 0.300 e. The number of rotatable bonds is 7. The van der Waals surface area contributed by atoms with Gasteiger partial charge in [0.1, 0.15) is 18.8 Å². The fourth-order valence-electron chi connectivity index (χ4n) is 3.02. The maximum absolute atomic E-state index is 12.7. The largest absolute Gasteiger partial charge is 0.493 e. The third-order valence-corrected chi connectivity index (χ3v) is 4.49. The minimum absolute atomic E-state index is 0.175. The number of carbonyl (C=O) groups is 3. The Morgan fingerprint density at radius 3 is 2.59 bits per heavy atom. The number of morpholine rings is 1. The van der Waals surface area contributed by atoms with Crippen molar-refractivity contribution in [3.8, 4) is 11.5 Å². The van der Waals surface area contributed by atoms with Crippen LogP contribution in [0.25, 0.3) is 0 Å². The van der Waals surface area contributed by atoms with Crippen LogP contribution in [0.1, 0.15) is 24.4 Å². The van der Waals surface area contributed by atoms with Crippen LogP contribution in [-0.4, -0.2) is 71.1 Å². The summed E-state index contributed by atoms with van der Waals surface area (Å²) in [5, 5.41) is 20.9. The fraction of sp³-hybridized carbons (Fsp3) is 0.450. The van der Waals surface area contributed by atoms with E-state index in [2.05, 4.69) is 20.8 Å². The molecule has 1 aromatic heterocycles. The first-order valence-electron chi connectivity index (χ1n) is 9.69. The van der Waals surface area contributed by atoms with Gasteiger partial charge in [0.25, 0.3) is 11.9 Å². The zero-order valence-corrected chi connectivity index (χ0v) is 18.3. The quantitative estimate of drug-likeness (QED) is 0.523. The molecule has 1 aliphatic rings. The number of methoxy groups -OCH3 is 2. The number of hydrogen-bond acceptors (Lipinski definition) is 8. The molecule has 1 aromatic carbocycles. The van der Waals surface area contributed by atoms with E-state index in [4.69, 9.17) is 24.1 Å². The van der Waals surface area contributed by atoms with Crippen LogP contribution in [0.3, 0.4) is 0 Å². The lowest BCUT2D eigenvalue weighted by Crippen LogP contribution is -2.52. The van der Waals surface area contributed by atoms with Gasteiger partial charge in [-0.3, -0.25) is 14.4 Å². The summed E-state index contributed by atoms with van der Waals surface area (Å²) >= 11 is 0. The van der Waals surface area contributed by atoms with Gasteiger partial charge in [-0.25, -0.2) is 0 Å². The van der Waals surface area contributed by atoms with E-state index in [9.17, 15) is 9.59 Å². The molecule has 1 fully saturated rings.